The lowest BCUT2D eigenvalue weighted by Gasteiger charge is -2.39. The number of rotatable bonds is 5. The molecule has 2 rings (SSSR count). The van der Waals surface area contributed by atoms with Crippen molar-refractivity contribution in [2.75, 3.05) is 12.8 Å². The van der Waals surface area contributed by atoms with Crippen LogP contribution in [0.15, 0.2) is 5.16 Å². The monoisotopic (exact) mass is 322 g/mol. The fraction of sp³-hybridized carbons (Fsp3) is 0.786. The highest BCUT2D eigenvalue weighted by atomic mass is 32.2. The van der Waals surface area contributed by atoms with E-state index in [-0.39, 0.29) is 17.7 Å². The molecule has 1 aliphatic rings. The first-order valence-corrected chi connectivity index (χ1v) is 8.57. The molecule has 0 N–H and O–H groups in total. The number of nitrogens with zero attached hydrogens (tertiary/aromatic N) is 6. The largest absolute Gasteiger partial charge is 0.326 e. The minimum atomic E-state index is -0.639. The molecular weight excluding hydrogens is 300 g/mol. The highest BCUT2D eigenvalue weighted by molar-refractivity contribution is 7.99. The van der Waals surface area contributed by atoms with Gasteiger partial charge in [0.15, 0.2) is 0 Å². The summed E-state index contributed by atoms with van der Waals surface area (Å²) in [7, 11) is 1.74. The lowest BCUT2D eigenvalue weighted by molar-refractivity contribution is -0.131. The molecule has 0 bridgehead atoms. The number of hydrogen-bond donors (Lipinski definition) is 0. The van der Waals surface area contributed by atoms with Crippen molar-refractivity contribution in [2.24, 2.45) is 0 Å². The molecule has 0 unspecified atom stereocenters. The first-order valence-electron chi connectivity index (χ1n) is 7.59. The van der Waals surface area contributed by atoms with Gasteiger partial charge < -0.3 is 4.90 Å². The SMILES string of the molecule is CC(C)n1nnnc1SCC(=O)N(C)C1(C#N)CCCCC1. The molecule has 1 fully saturated rings. The second-order valence-corrected chi connectivity index (χ2v) is 6.89. The van der Waals surface area contributed by atoms with Crippen LogP contribution < -0.4 is 0 Å². The van der Waals surface area contributed by atoms with Crippen LogP contribution in [0.2, 0.25) is 0 Å². The molecule has 1 aliphatic carbocycles. The molecule has 22 heavy (non-hydrogen) atoms. The van der Waals surface area contributed by atoms with Gasteiger partial charge in [-0.2, -0.15) is 5.26 Å². The molecule has 1 aromatic rings. The Labute approximate surface area is 135 Å². The molecule has 120 valence electrons. The maximum Gasteiger partial charge on any atom is 0.234 e. The Bertz CT molecular complexity index is 558. The van der Waals surface area contributed by atoms with Crippen LogP contribution in [0.25, 0.3) is 0 Å². The molecule has 8 heteroatoms. The standard InChI is InChI=1S/C14H22N6OS/c1-11(2)20-13(16-17-18-20)22-9-12(21)19(3)14(10-15)7-5-4-6-8-14/h11H,4-9H2,1-3H3. The average Bonchev–Trinajstić information content (AvgIpc) is 3.01. The first kappa shape index (κ1) is 16.7. The van der Waals surface area contributed by atoms with Crippen LogP contribution in [0.3, 0.4) is 0 Å². The Kier molecular flexibility index (Phi) is 5.40. The van der Waals surface area contributed by atoms with Gasteiger partial charge >= 0.3 is 0 Å². The predicted octanol–water partition coefficient (Wildman–Crippen LogP) is 2.03. The summed E-state index contributed by atoms with van der Waals surface area (Å²) in [5, 5.41) is 21.7. The van der Waals surface area contributed by atoms with E-state index >= 15 is 0 Å². The van der Waals surface area contributed by atoms with Crippen LogP contribution in [-0.2, 0) is 4.79 Å². The summed E-state index contributed by atoms with van der Waals surface area (Å²) in [5.41, 5.74) is -0.639. The fourth-order valence-corrected chi connectivity index (χ4v) is 3.65. The van der Waals surface area contributed by atoms with Crippen LogP contribution in [-0.4, -0.2) is 49.4 Å². The Morgan fingerprint density at radius 3 is 2.73 bits per heavy atom. The zero-order chi connectivity index (χ0) is 16.2. The Hall–Kier alpha value is -1.62. The summed E-state index contributed by atoms with van der Waals surface area (Å²) in [4.78, 5) is 14.1. The minimum absolute atomic E-state index is 0.0493. The third-order valence-corrected chi connectivity index (χ3v) is 5.10. The zero-order valence-corrected chi connectivity index (χ0v) is 14.1. The van der Waals surface area contributed by atoms with Gasteiger partial charge in [0.1, 0.15) is 5.54 Å². The molecule has 0 spiro atoms. The summed E-state index contributed by atoms with van der Waals surface area (Å²) in [6.45, 7) is 3.97. The van der Waals surface area contributed by atoms with Gasteiger partial charge in [0.05, 0.1) is 17.9 Å². The average molecular weight is 322 g/mol. The number of thioether (sulfide) groups is 1. The van der Waals surface area contributed by atoms with E-state index in [4.69, 9.17) is 0 Å². The maximum absolute atomic E-state index is 12.5. The quantitative estimate of drug-likeness (QED) is 0.771. The van der Waals surface area contributed by atoms with Crippen LogP contribution in [0.5, 0.6) is 0 Å². The van der Waals surface area contributed by atoms with Gasteiger partial charge in [-0.1, -0.05) is 31.0 Å². The van der Waals surface area contributed by atoms with Gasteiger partial charge in [0.2, 0.25) is 11.1 Å². The van der Waals surface area contributed by atoms with Gasteiger partial charge in [-0.3, -0.25) is 4.79 Å². The molecule has 0 saturated heterocycles. The van der Waals surface area contributed by atoms with Crippen LogP contribution in [0.4, 0.5) is 0 Å². The van der Waals surface area contributed by atoms with Gasteiger partial charge in [-0.25, -0.2) is 4.68 Å². The van der Waals surface area contributed by atoms with E-state index in [1.54, 1.807) is 16.6 Å². The van der Waals surface area contributed by atoms with E-state index in [1.807, 2.05) is 13.8 Å². The third kappa shape index (κ3) is 3.40. The molecule has 7 nitrogen and oxygen atoms in total. The van der Waals surface area contributed by atoms with Crippen molar-refractivity contribution >= 4 is 17.7 Å². The number of tetrazole rings is 1. The summed E-state index contributed by atoms with van der Waals surface area (Å²) in [6.07, 6.45) is 4.68. The molecule has 1 heterocycles. The summed E-state index contributed by atoms with van der Waals surface area (Å²) in [5.74, 6) is 0.194. The van der Waals surface area contributed by atoms with Crippen LogP contribution >= 0.6 is 11.8 Å². The molecule has 0 radical (unpaired) electrons. The van der Waals surface area contributed by atoms with Crippen LogP contribution in [0.1, 0.15) is 52.0 Å². The second kappa shape index (κ2) is 7.09. The van der Waals surface area contributed by atoms with Crippen LogP contribution in [0, 0.1) is 11.3 Å². The van der Waals surface area contributed by atoms with Crippen molar-refractivity contribution in [3.8, 4) is 6.07 Å². The Morgan fingerprint density at radius 1 is 1.45 bits per heavy atom. The maximum atomic E-state index is 12.5. The molecular formula is C14H22N6OS. The van der Waals surface area contributed by atoms with Gasteiger partial charge in [0, 0.05) is 7.05 Å². The van der Waals surface area contributed by atoms with Crippen molar-refractivity contribution in [2.45, 2.75) is 62.7 Å². The lowest BCUT2D eigenvalue weighted by Crippen LogP contribution is -2.50. The van der Waals surface area contributed by atoms with E-state index in [9.17, 15) is 10.1 Å². The second-order valence-electron chi connectivity index (χ2n) is 5.95. The highest BCUT2D eigenvalue weighted by Gasteiger charge is 2.38. The summed E-state index contributed by atoms with van der Waals surface area (Å²) in [6, 6.07) is 2.52. The van der Waals surface area contributed by atoms with Crippen molar-refractivity contribution in [3.05, 3.63) is 0 Å². The number of carbonyl (C=O) groups excluding carboxylic acids is 1. The van der Waals surface area contributed by atoms with E-state index in [0.29, 0.717) is 5.16 Å². The van der Waals surface area contributed by atoms with Crippen molar-refractivity contribution in [1.82, 2.24) is 25.1 Å². The zero-order valence-electron chi connectivity index (χ0n) is 13.3. The van der Waals surface area contributed by atoms with E-state index in [2.05, 4.69) is 21.6 Å². The normalized spacial score (nSPS) is 17.2. The van der Waals surface area contributed by atoms with Gasteiger partial charge in [-0.05, 0) is 37.1 Å². The van der Waals surface area contributed by atoms with E-state index < -0.39 is 5.54 Å². The minimum Gasteiger partial charge on any atom is -0.326 e. The number of amides is 1. The fourth-order valence-electron chi connectivity index (χ4n) is 2.73. The third-order valence-electron chi connectivity index (χ3n) is 4.18. The van der Waals surface area contributed by atoms with Gasteiger partial charge in [-0.15, -0.1) is 5.10 Å². The molecule has 0 atom stereocenters. The topological polar surface area (TPSA) is 87.7 Å². The smallest absolute Gasteiger partial charge is 0.234 e. The number of carbonyl (C=O) groups is 1. The van der Waals surface area contributed by atoms with Crippen molar-refractivity contribution in [1.29, 1.82) is 5.26 Å². The molecule has 0 aliphatic heterocycles. The number of nitriles is 1. The molecule has 1 saturated carbocycles. The summed E-state index contributed by atoms with van der Waals surface area (Å²) < 4.78 is 1.69. The first-order chi connectivity index (χ1) is 10.5. The Balaban J connectivity index is 1.99. The Morgan fingerprint density at radius 2 is 2.14 bits per heavy atom. The number of aromatic nitrogens is 4. The van der Waals surface area contributed by atoms with E-state index in [0.717, 1.165) is 32.1 Å². The van der Waals surface area contributed by atoms with Gasteiger partial charge in [0.25, 0.3) is 0 Å². The number of hydrogen-bond acceptors (Lipinski definition) is 6. The summed E-state index contributed by atoms with van der Waals surface area (Å²) >= 11 is 1.32. The highest BCUT2D eigenvalue weighted by Crippen LogP contribution is 2.33. The van der Waals surface area contributed by atoms with Crippen molar-refractivity contribution in [3.63, 3.8) is 0 Å². The molecule has 1 amide bonds. The van der Waals surface area contributed by atoms with Crippen molar-refractivity contribution < 1.29 is 4.79 Å². The predicted molar refractivity (Wildman–Crippen MR) is 83.1 cm³/mol. The lowest BCUT2D eigenvalue weighted by atomic mass is 9.81. The van der Waals surface area contributed by atoms with E-state index in [1.165, 1.54) is 11.8 Å². The molecule has 0 aromatic carbocycles. The molecule has 1 aromatic heterocycles.